The molecule has 0 aliphatic rings. The maximum atomic E-state index is 10.7. The minimum atomic E-state index is -0.534. The molecule has 0 radical (unpaired) electrons. The van der Waals surface area contributed by atoms with Crippen LogP contribution in [0.3, 0.4) is 0 Å². The van der Waals surface area contributed by atoms with Crippen molar-refractivity contribution in [3.8, 4) is 0 Å². The highest BCUT2D eigenvalue weighted by Crippen LogP contribution is 2.23. The lowest BCUT2D eigenvalue weighted by molar-refractivity contribution is -0.388. The Balaban J connectivity index is 2.89. The van der Waals surface area contributed by atoms with Crippen LogP contribution in [0, 0.1) is 17.0 Å². The third kappa shape index (κ3) is 2.48. The molecule has 7 nitrogen and oxygen atoms in total. The van der Waals surface area contributed by atoms with Crippen LogP contribution in [0.2, 0.25) is 0 Å². The van der Waals surface area contributed by atoms with Gasteiger partial charge in [0, 0.05) is 20.5 Å². The fourth-order valence-electron chi connectivity index (χ4n) is 1.28. The zero-order chi connectivity index (χ0) is 12.3. The van der Waals surface area contributed by atoms with Gasteiger partial charge in [0.15, 0.2) is 0 Å². The van der Waals surface area contributed by atoms with Crippen molar-refractivity contribution in [1.82, 2.24) is 9.55 Å². The first-order chi connectivity index (χ1) is 7.47. The Morgan fingerprint density at radius 3 is 2.81 bits per heavy atom. The zero-order valence-corrected chi connectivity index (χ0v) is 9.60. The number of nitrogens with zero attached hydrogens (tertiary/aromatic N) is 3. The minimum absolute atomic E-state index is 0.205. The molecule has 0 saturated carbocycles. The SMILES string of the molecule is CCC(O)CNc1c([N+](=O)[O-])nc(C)n1C. The van der Waals surface area contributed by atoms with Crippen molar-refractivity contribution in [3.63, 3.8) is 0 Å². The maximum Gasteiger partial charge on any atom is 0.406 e. The van der Waals surface area contributed by atoms with Gasteiger partial charge >= 0.3 is 5.82 Å². The summed E-state index contributed by atoms with van der Waals surface area (Å²) in [7, 11) is 1.69. The van der Waals surface area contributed by atoms with Crippen molar-refractivity contribution in [1.29, 1.82) is 0 Å². The molecule has 90 valence electrons. The second-order valence-electron chi connectivity index (χ2n) is 3.59. The molecular weight excluding hydrogens is 212 g/mol. The molecule has 1 atom stereocenters. The fraction of sp³-hybridized carbons (Fsp3) is 0.667. The van der Waals surface area contributed by atoms with Crippen molar-refractivity contribution in [3.05, 3.63) is 15.9 Å². The van der Waals surface area contributed by atoms with Crippen LogP contribution in [0.1, 0.15) is 19.2 Å². The standard InChI is InChI=1S/C9H16N4O3/c1-4-7(14)5-10-8-9(13(15)16)11-6(2)12(8)3/h7,10,14H,4-5H2,1-3H3. The van der Waals surface area contributed by atoms with Gasteiger partial charge in [-0.25, -0.2) is 0 Å². The highest BCUT2D eigenvalue weighted by atomic mass is 16.6. The molecule has 7 heteroatoms. The molecular formula is C9H16N4O3. The molecule has 0 spiro atoms. The first kappa shape index (κ1) is 12.4. The summed E-state index contributed by atoms with van der Waals surface area (Å²) in [5.41, 5.74) is 0. The molecule has 0 aromatic carbocycles. The lowest BCUT2D eigenvalue weighted by Crippen LogP contribution is -2.20. The largest absolute Gasteiger partial charge is 0.406 e. The molecule has 0 aliphatic carbocycles. The molecule has 0 fully saturated rings. The van der Waals surface area contributed by atoms with Gasteiger partial charge in [0.05, 0.1) is 6.10 Å². The van der Waals surface area contributed by atoms with Gasteiger partial charge in [-0.3, -0.25) is 4.57 Å². The lowest BCUT2D eigenvalue weighted by atomic mass is 10.3. The lowest BCUT2D eigenvalue weighted by Gasteiger charge is -2.10. The minimum Gasteiger partial charge on any atom is -0.391 e. The number of aliphatic hydroxyl groups excluding tert-OH is 1. The van der Waals surface area contributed by atoms with E-state index in [-0.39, 0.29) is 12.4 Å². The average molecular weight is 228 g/mol. The van der Waals surface area contributed by atoms with E-state index in [2.05, 4.69) is 10.3 Å². The molecule has 1 rings (SSSR count). The summed E-state index contributed by atoms with van der Waals surface area (Å²) in [6.07, 6.45) is 0.0762. The van der Waals surface area contributed by atoms with Gasteiger partial charge in [0.25, 0.3) is 0 Å². The third-order valence-electron chi connectivity index (χ3n) is 2.45. The molecule has 1 heterocycles. The second-order valence-corrected chi connectivity index (χ2v) is 3.59. The van der Waals surface area contributed by atoms with E-state index in [0.29, 0.717) is 18.1 Å². The number of hydrogen-bond acceptors (Lipinski definition) is 5. The van der Waals surface area contributed by atoms with Crippen LogP contribution in [0.25, 0.3) is 0 Å². The van der Waals surface area contributed by atoms with Crippen LogP contribution in [-0.2, 0) is 7.05 Å². The summed E-state index contributed by atoms with van der Waals surface area (Å²) in [4.78, 5) is 14.0. The number of nitrogens with one attached hydrogen (secondary N) is 1. The molecule has 2 N–H and O–H groups in total. The van der Waals surface area contributed by atoms with Crippen molar-refractivity contribution in [2.24, 2.45) is 7.05 Å². The van der Waals surface area contributed by atoms with Crippen LogP contribution >= 0.6 is 0 Å². The van der Waals surface area contributed by atoms with E-state index < -0.39 is 11.0 Å². The topological polar surface area (TPSA) is 93.2 Å². The number of hydrogen-bond donors (Lipinski definition) is 2. The van der Waals surface area contributed by atoms with Gasteiger partial charge < -0.3 is 20.5 Å². The highest BCUT2D eigenvalue weighted by Gasteiger charge is 2.23. The molecule has 1 aromatic rings. The molecule has 0 saturated heterocycles. The van der Waals surface area contributed by atoms with Crippen LogP contribution < -0.4 is 5.32 Å². The first-order valence-electron chi connectivity index (χ1n) is 5.07. The summed E-state index contributed by atoms with van der Waals surface area (Å²) >= 11 is 0. The predicted octanol–water partition coefficient (Wildman–Crippen LogP) is 0.820. The van der Waals surface area contributed by atoms with Crippen molar-refractivity contribution in [2.45, 2.75) is 26.4 Å². The van der Waals surface area contributed by atoms with E-state index in [1.165, 1.54) is 0 Å². The zero-order valence-electron chi connectivity index (χ0n) is 9.60. The number of anilines is 1. The van der Waals surface area contributed by atoms with Crippen LogP contribution in [0.5, 0.6) is 0 Å². The first-order valence-corrected chi connectivity index (χ1v) is 5.07. The summed E-state index contributed by atoms with van der Waals surface area (Å²) in [5.74, 6) is 0.679. The summed E-state index contributed by atoms with van der Waals surface area (Å²) in [6.45, 7) is 3.81. The second kappa shape index (κ2) is 4.93. The molecule has 1 unspecified atom stereocenters. The number of aromatic nitrogens is 2. The summed E-state index contributed by atoms with van der Waals surface area (Å²) < 4.78 is 1.60. The number of rotatable bonds is 5. The Labute approximate surface area is 93.3 Å². The van der Waals surface area contributed by atoms with Gasteiger partial charge in [-0.15, -0.1) is 0 Å². The van der Waals surface area contributed by atoms with Gasteiger partial charge in [-0.05, 0) is 16.3 Å². The Morgan fingerprint density at radius 2 is 2.31 bits per heavy atom. The molecule has 0 aliphatic heterocycles. The number of imidazole rings is 1. The molecule has 0 bridgehead atoms. The Morgan fingerprint density at radius 1 is 1.69 bits per heavy atom. The number of aliphatic hydroxyl groups is 1. The van der Waals surface area contributed by atoms with E-state index >= 15 is 0 Å². The number of nitro groups is 1. The van der Waals surface area contributed by atoms with E-state index in [9.17, 15) is 15.2 Å². The smallest absolute Gasteiger partial charge is 0.391 e. The van der Waals surface area contributed by atoms with E-state index in [0.717, 1.165) is 0 Å². The van der Waals surface area contributed by atoms with Crippen LogP contribution in [0.15, 0.2) is 0 Å². The average Bonchev–Trinajstić information content (AvgIpc) is 2.53. The maximum absolute atomic E-state index is 10.7. The van der Waals surface area contributed by atoms with Crippen molar-refractivity contribution in [2.75, 3.05) is 11.9 Å². The normalized spacial score (nSPS) is 12.5. The Hall–Kier alpha value is -1.63. The van der Waals surface area contributed by atoms with Gasteiger partial charge in [-0.1, -0.05) is 6.92 Å². The molecule has 0 amide bonds. The summed E-state index contributed by atoms with van der Waals surface area (Å²) in [6, 6.07) is 0. The van der Waals surface area contributed by atoms with Gasteiger partial charge in [0.2, 0.25) is 11.6 Å². The quantitative estimate of drug-likeness (QED) is 0.574. The molecule has 16 heavy (non-hydrogen) atoms. The highest BCUT2D eigenvalue weighted by molar-refractivity contribution is 5.53. The van der Waals surface area contributed by atoms with Crippen LogP contribution in [0.4, 0.5) is 11.6 Å². The van der Waals surface area contributed by atoms with Crippen molar-refractivity contribution >= 4 is 11.6 Å². The van der Waals surface area contributed by atoms with Gasteiger partial charge in [0.1, 0.15) is 0 Å². The van der Waals surface area contributed by atoms with Crippen LogP contribution in [-0.4, -0.2) is 32.2 Å². The third-order valence-corrected chi connectivity index (χ3v) is 2.45. The fourth-order valence-corrected chi connectivity index (χ4v) is 1.28. The summed E-state index contributed by atoms with van der Waals surface area (Å²) in [5, 5.41) is 23.0. The van der Waals surface area contributed by atoms with E-state index in [1.807, 2.05) is 6.92 Å². The van der Waals surface area contributed by atoms with Gasteiger partial charge in [-0.2, -0.15) is 0 Å². The van der Waals surface area contributed by atoms with Crippen molar-refractivity contribution < 1.29 is 10.0 Å². The predicted molar refractivity (Wildman–Crippen MR) is 59.4 cm³/mol. The Bertz CT molecular complexity index is 388. The number of aryl methyl sites for hydroxylation is 1. The van der Waals surface area contributed by atoms with E-state index in [4.69, 9.17) is 0 Å². The monoisotopic (exact) mass is 228 g/mol. The van der Waals surface area contributed by atoms with E-state index in [1.54, 1.807) is 18.5 Å². The Kier molecular flexibility index (Phi) is 3.83. The molecule has 1 aromatic heterocycles.